The minimum absolute atomic E-state index is 0.129. The van der Waals surface area contributed by atoms with Crippen molar-refractivity contribution >= 4 is 44.2 Å². The highest BCUT2D eigenvalue weighted by molar-refractivity contribution is 7.22. The van der Waals surface area contributed by atoms with Crippen molar-refractivity contribution in [3.8, 4) is 5.75 Å². The number of benzene rings is 2. The van der Waals surface area contributed by atoms with Crippen molar-refractivity contribution in [1.29, 1.82) is 0 Å². The molecule has 0 aliphatic carbocycles. The van der Waals surface area contributed by atoms with Crippen molar-refractivity contribution in [2.45, 2.75) is 0 Å². The van der Waals surface area contributed by atoms with E-state index in [0.717, 1.165) is 28.4 Å². The second kappa shape index (κ2) is 9.10. The number of fused-ring (bicyclic) bond motifs is 1. The lowest BCUT2D eigenvalue weighted by molar-refractivity contribution is -0.115. The van der Waals surface area contributed by atoms with Gasteiger partial charge >= 0.3 is 0 Å². The number of thiazole rings is 1. The van der Waals surface area contributed by atoms with Gasteiger partial charge < -0.3 is 25.0 Å². The largest absolute Gasteiger partial charge is 0.497 e. The number of hydrogen-bond donors (Lipinski definition) is 2. The summed E-state index contributed by atoms with van der Waals surface area (Å²) in [6, 6.07) is 12.4. The van der Waals surface area contributed by atoms with Crippen molar-refractivity contribution < 1.29 is 19.1 Å². The summed E-state index contributed by atoms with van der Waals surface area (Å²) < 4.78 is 11.5. The molecule has 1 aliphatic rings. The van der Waals surface area contributed by atoms with Gasteiger partial charge in [0.25, 0.3) is 5.91 Å². The van der Waals surface area contributed by atoms with Crippen LogP contribution in [0.15, 0.2) is 42.5 Å². The highest BCUT2D eigenvalue weighted by atomic mass is 32.1. The van der Waals surface area contributed by atoms with E-state index in [-0.39, 0.29) is 18.4 Å². The fraction of sp³-hybridized carbons (Fsp3) is 0.286. The van der Waals surface area contributed by atoms with Gasteiger partial charge in [-0.3, -0.25) is 9.59 Å². The number of nitrogens with one attached hydrogen (secondary N) is 2. The summed E-state index contributed by atoms with van der Waals surface area (Å²) in [6.07, 6.45) is 0. The third-order valence-electron chi connectivity index (χ3n) is 4.68. The number of anilines is 2. The average Bonchev–Trinajstić information content (AvgIpc) is 3.21. The molecule has 3 aromatic rings. The molecule has 1 aromatic heterocycles. The van der Waals surface area contributed by atoms with Gasteiger partial charge in [0.2, 0.25) is 5.91 Å². The highest BCUT2D eigenvalue weighted by Gasteiger charge is 2.16. The lowest BCUT2D eigenvalue weighted by Crippen LogP contribution is -2.36. The van der Waals surface area contributed by atoms with Crippen molar-refractivity contribution in [1.82, 2.24) is 10.3 Å². The molecule has 2 amide bonds. The number of carbonyl (C=O) groups is 2. The molecular formula is C21H22N4O4S. The molecule has 156 valence electrons. The molecular weight excluding hydrogens is 404 g/mol. The van der Waals surface area contributed by atoms with Crippen molar-refractivity contribution in [2.75, 3.05) is 50.2 Å². The Balaban J connectivity index is 1.36. The Bertz CT molecular complexity index is 1060. The van der Waals surface area contributed by atoms with Gasteiger partial charge in [-0.2, -0.15) is 0 Å². The first kappa shape index (κ1) is 20.1. The van der Waals surface area contributed by atoms with Crippen molar-refractivity contribution in [3.63, 3.8) is 0 Å². The van der Waals surface area contributed by atoms with Gasteiger partial charge in [-0.05, 0) is 36.4 Å². The van der Waals surface area contributed by atoms with Crippen LogP contribution >= 0.6 is 11.3 Å². The molecule has 8 nitrogen and oxygen atoms in total. The molecule has 9 heteroatoms. The average molecular weight is 426 g/mol. The van der Waals surface area contributed by atoms with E-state index in [2.05, 4.69) is 20.5 Å². The Morgan fingerprint density at radius 2 is 2.03 bits per heavy atom. The van der Waals surface area contributed by atoms with Crippen LogP contribution in [0.3, 0.4) is 0 Å². The smallest absolute Gasteiger partial charge is 0.251 e. The summed E-state index contributed by atoms with van der Waals surface area (Å²) in [6.45, 7) is 2.94. The van der Waals surface area contributed by atoms with Crippen LogP contribution in [0.2, 0.25) is 0 Å². The second-order valence-electron chi connectivity index (χ2n) is 6.74. The number of aromatic nitrogens is 1. The molecule has 2 aromatic carbocycles. The van der Waals surface area contributed by atoms with Crippen LogP contribution in [0.1, 0.15) is 10.4 Å². The van der Waals surface area contributed by atoms with E-state index < -0.39 is 0 Å². The van der Waals surface area contributed by atoms with Gasteiger partial charge in [0.1, 0.15) is 5.75 Å². The van der Waals surface area contributed by atoms with Crippen molar-refractivity contribution in [3.05, 3.63) is 48.0 Å². The molecule has 1 saturated heterocycles. The minimum atomic E-state index is -0.336. The predicted octanol–water partition coefficient (Wildman–Crippen LogP) is 2.51. The van der Waals surface area contributed by atoms with E-state index in [9.17, 15) is 9.59 Å². The number of methoxy groups -OCH3 is 1. The summed E-state index contributed by atoms with van der Waals surface area (Å²) in [7, 11) is 1.54. The molecule has 1 aliphatic heterocycles. The lowest BCUT2D eigenvalue weighted by Gasteiger charge is -2.25. The first-order valence-corrected chi connectivity index (χ1v) is 10.4. The SMILES string of the molecule is COc1cccc(C(=O)NCC(=O)Nc2ccc3nc(N4CCOCC4)sc3c2)c1. The second-order valence-corrected chi connectivity index (χ2v) is 7.75. The third kappa shape index (κ3) is 4.69. The zero-order valence-electron chi connectivity index (χ0n) is 16.5. The first-order valence-electron chi connectivity index (χ1n) is 9.58. The fourth-order valence-electron chi connectivity index (χ4n) is 3.11. The number of nitrogens with zero attached hydrogens (tertiary/aromatic N) is 2. The normalized spacial score (nSPS) is 13.8. The maximum atomic E-state index is 12.3. The molecule has 4 rings (SSSR count). The van der Waals surface area contributed by atoms with Crippen LogP contribution in [0, 0.1) is 0 Å². The molecule has 0 saturated carbocycles. The first-order chi connectivity index (χ1) is 14.6. The number of hydrogen-bond acceptors (Lipinski definition) is 7. The zero-order chi connectivity index (χ0) is 20.9. The van der Waals surface area contributed by atoms with E-state index in [1.54, 1.807) is 35.6 Å². The van der Waals surface area contributed by atoms with Gasteiger partial charge in [0.15, 0.2) is 5.13 Å². The maximum absolute atomic E-state index is 12.3. The molecule has 0 unspecified atom stereocenters. The van der Waals surface area contributed by atoms with Gasteiger partial charge in [0.05, 0.1) is 37.1 Å². The minimum Gasteiger partial charge on any atom is -0.497 e. The molecule has 30 heavy (non-hydrogen) atoms. The van der Waals surface area contributed by atoms with Gasteiger partial charge in [0, 0.05) is 24.3 Å². The topological polar surface area (TPSA) is 92.8 Å². The van der Waals surface area contributed by atoms with Crippen LogP contribution in [0.5, 0.6) is 5.75 Å². The summed E-state index contributed by atoms with van der Waals surface area (Å²) in [5, 5.41) is 6.40. The standard InChI is InChI=1S/C21H22N4O4S/c1-28-16-4-2-3-14(11-16)20(27)22-13-19(26)23-15-5-6-17-18(12-15)30-21(24-17)25-7-9-29-10-8-25/h2-6,11-12H,7-10,13H2,1H3,(H,22,27)(H,23,26). The van der Waals surface area contributed by atoms with Crippen LogP contribution < -0.4 is 20.3 Å². The number of amides is 2. The van der Waals surface area contributed by atoms with Crippen LogP contribution in [0.4, 0.5) is 10.8 Å². The monoisotopic (exact) mass is 426 g/mol. The lowest BCUT2D eigenvalue weighted by atomic mass is 10.2. The number of ether oxygens (including phenoxy) is 2. The molecule has 1 fully saturated rings. The summed E-state index contributed by atoms with van der Waals surface area (Å²) >= 11 is 1.59. The van der Waals surface area contributed by atoms with Gasteiger partial charge in [-0.15, -0.1) is 0 Å². The van der Waals surface area contributed by atoms with E-state index in [1.807, 2.05) is 18.2 Å². The van der Waals surface area contributed by atoms with E-state index >= 15 is 0 Å². The third-order valence-corrected chi connectivity index (χ3v) is 5.76. The number of rotatable bonds is 6. The molecule has 2 heterocycles. The van der Waals surface area contributed by atoms with Crippen LogP contribution in [-0.4, -0.2) is 56.8 Å². The van der Waals surface area contributed by atoms with Gasteiger partial charge in [-0.1, -0.05) is 17.4 Å². The zero-order valence-corrected chi connectivity index (χ0v) is 17.3. The van der Waals surface area contributed by atoms with Gasteiger partial charge in [-0.25, -0.2) is 4.98 Å². The molecule has 0 bridgehead atoms. The van der Waals surface area contributed by atoms with E-state index in [4.69, 9.17) is 9.47 Å². The summed E-state index contributed by atoms with van der Waals surface area (Å²) in [5.41, 5.74) is 2.00. The van der Waals surface area contributed by atoms with E-state index in [0.29, 0.717) is 30.2 Å². The number of carbonyl (C=O) groups excluding carboxylic acids is 2. The van der Waals surface area contributed by atoms with Crippen molar-refractivity contribution in [2.24, 2.45) is 0 Å². The van der Waals surface area contributed by atoms with Crippen LogP contribution in [0.25, 0.3) is 10.2 Å². The van der Waals surface area contributed by atoms with Crippen LogP contribution in [-0.2, 0) is 9.53 Å². The molecule has 0 spiro atoms. The number of morpholine rings is 1. The Morgan fingerprint density at radius 1 is 1.20 bits per heavy atom. The fourth-order valence-corrected chi connectivity index (χ4v) is 4.17. The summed E-state index contributed by atoms with van der Waals surface area (Å²) in [4.78, 5) is 31.4. The molecule has 0 atom stereocenters. The Hall–Kier alpha value is -3.17. The Kier molecular flexibility index (Phi) is 6.10. The predicted molar refractivity (Wildman–Crippen MR) is 117 cm³/mol. The highest BCUT2D eigenvalue weighted by Crippen LogP contribution is 2.31. The maximum Gasteiger partial charge on any atom is 0.251 e. The Morgan fingerprint density at radius 3 is 2.83 bits per heavy atom. The Labute approximate surface area is 177 Å². The molecule has 2 N–H and O–H groups in total. The molecule has 0 radical (unpaired) electrons. The summed E-state index contributed by atoms with van der Waals surface area (Å²) in [5.74, 6) is -0.0537. The van der Waals surface area contributed by atoms with E-state index in [1.165, 1.54) is 7.11 Å². The quantitative estimate of drug-likeness (QED) is 0.629.